The maximum atomic E-state index is 10.7. The Bertz CT molecular complexity index is 246. The molecule has 0 aromatic carbocycles. The molecule has 0 aliphatic carbocycles. The van der Waals surface area contributed by atoms with E-state index in [1.165, 1.54) is 23.2 Å². The van der Waals surface area contributed by atoms with Gasteiger partial charge in [0, 0.05) is 0 Å². The minimum Gasteiger partial charge on any atom is -0.465 e. The molecule has 0 aliphatic rings. The number of rotatable bonds is 1. The standard InChI is InChI=1S/C5H5BrN2O2/c1-10-5(9)4-2-7-8(6)3-4/h2-3H,1H3. The van der Waals surface area contributed by atoms with Crippen LogP contribution >= 0.6 is 16.1 Å². The lowest BCUT2D eigenvalue weighted by molar-refractivity contribution is 0.0601. The summed E-state index contributed by atoms with van der Waals surface area (Å²) in [5.41, 5.74) is 0.430. The summed E-state index contributed by atoms with van der Waals surface area (Å²) < 4.78 is 5.80. The Balaban J connectivity index is 2.85. The minimum absolute atomic E-state index is 0.384. The second-order valence-corrected chi connectivity index (χ2v) is 2.34. The molecule has 1 aromatic heterocycles. The van der Waals surface area contributed by atoms with Gasteiger partial charge in [0.2, 0.25) is 0 Å². The lowest BCUT2D eigenvalue weighted by Crippen LogP contribution is -1.98. The van der Waals surface area contributed by atoms with Gasteiger partial charge in [-0.15, -0.1) is 0 Å². The molecule has 0 amide bonds. The van der Waals surface area contributed by atoms with E-state index in [1.807, 2.05) is 0 Å². The van der Waals surface area contributed by atoms with Gasteiger partial charge in [-0.05, 0) is 0 Å². The number of ether oxygens (including phenoxy) is 1. The van der Waals surface area contributed by atoms with Crippen LogP contribution in [0.25, 0.3) is 0 Å². The highest BCUT2D eigenvalue weighted by Gasteiger charge is 2.06. The number of esters is 1. The smallest absolute Gasteiger partial charge is 0.341 e. The molecule has 1 rings (SSSR count). The van der Waals surface area contributed by atoms with Gasteiger partial charge in [0.25, 0.3) is 0 Å². The fraction of sp³-hybridized carbons (Fsp3) is 0.200. The SMILES string of the molecule is COC(=O)c1cnn(Br)c1. The van der Waals surface area contributed by atoms with Crippen LogP contribution in [0.15, 0.2) is 12.4 Å². The molecule has 10 heavy (non-hydrogen) atoms. The van der Waals surface area contributed by atoms with Gasteiger partial charge in [-0.2, -0.15) is 5.10 Å². The first-order chi connectivity index (χ1) is 4.74. The molecule has 0 atom stereocenters. The second kappa shape index (κ2) is 2.83. The van der Waals surface area contributed by atoms with E-state index in [1.54, 1.807) is 0 Å². The Labute approximate surface area is 66.1 Å². The third-order valence-corrected chi connectivity index (χ3v) is 1.36. The number of aromatic nitrogens is 2. The average Bonchev–Trinajstić information content (AvgIpc) is 2.34. The van der Waals surface area contributed by atoms with Crippen LogP contribution in [0.5, 0.6) is 0 Å². The molecule has 0 radical (unpaired) electrons. The zero-order chi connectivity index (χ0) is 7.56. The molecule has 0 saturated carbocycles. The van der Waals surface area contributed by atoms with Crippen molar-refractivity contribution in [3.8, 4) is 0 Å². The van der Waals surface area contributed by atoms with Gasteiger partial charge in [0.1, 0.15) is 0 Å². The first kappa shape index (κ1) is 7.27. The van der Waals surface area contributed by atoms with Crippen LogP contribution in [0.3, 0.4) is 0 Å². The number of hydrogen-bond acceptors (Lipinski definition) is 3. The maximum Gasteiger partial charge on any atom is 0.341 e. The second-order valence-electron chi connectivity index (χ2n) is 1.61. The topological polar surface area (TPSA) is 44.1 Å². The molecular weight excluding hydrogens is 200 g/mol. The molecule has 4 nitrogen and oxygen atoms in total. The van der Waals surface area contributed by atoms with Gasteiger partial charge in [-0.25, -0.2) is 8.50 Å². The van der Waals surface area contributed by atoms with Crippen LogP contribution in [0, 0.1) is 0 Å². The van der Waals surface area contributed by atoms with Crippen LogP contribution in [-0.4, -0.2) is 21.9 Å². The summed E-state index contributed by atoms with van der Waals surface area (Å²) in [5, 5.41) is 3.72. The normalized spacial score (nSPS) is 9.40. The predicted molar refractivity (Wildman–Crippen MR) is 37.9 cm³/mol. The van der Waals surface area contributed by atoms with E-state index in [2.05, 4.69) is 26.0 Å². The fourth-order valence-corrected chi connectivity index (χ4v) is 0.834. The van der Waals surface area contributed by atoms with Crippen molar-refractivity contribution >= 4 is 22.1 Å². The highest BCUT2D eigenvalue weighted by Crippen LogP contribution is 2.00. The molecule has 0 fully saturated rings. The van der Waals surface area contributed by atoms with Gasteiger partial charge in [-0.1, -0.05) is 0 Å². The van der Waals surface area contributed by atoms with Crippen LogP contribution < -0.4 is 0 Å². The molecular formula is C5H5BrN2O2. The van der Waals surface area contributed by atoms with Crippen molar-refractivity contribution in [2.24, 2.45) is 0 Å². The summed E-state index contributed by atoms with van der Waals surface area (Å²) in [6, 6.07) is 0. The molecule has 0 spiro atoms. The van der Waals surface area contributed by atoms with Crippen molar-refractivity contribution in [1.82, 2.24) is 8.81 Å². The molecule has 5 heteroatoms. The average molecular weight is 205 g/mol. The van der Waals surface area contributed by atoms with Gasteiger partial charge < -0.3 is 4.74 Å². The van der Waals surface area contributed by atoms with Crippen LogP contribution in [0.2, 0.25) is 0 Å². The van der Waals surface area contributed by atoms with Crippen molar-refractivity contribution in [3.63, 3.8) is 0 Å². The number of halogens is 1. The first-order valence-electron chi connectivity index (χ1n) is 2.53. The Morgan fingerprint density at radius 1 is 1.90 bits per heavy atom. The molecule has 1 aromatic rings. The molecule has 0 bridgehead atoms. The third-order valence-electron chi connectivity index (χ3n) is 0.974. The highest BCUT2D eigenvalue weighted by molar-refractivity contribution is 9.08. The van der Waals surface area contributed by atoms with E-state index in [0.29, 0.717) is 5.56 Å². The summed E-state index contributed by atoms with van der Waals surface area (Å²) in [4.78, 5) is 10.7. The zero-order valence-electron chi connectivity index (χ0n) is 5.24. The van der Waals surface area contributed by atoms with Crippen molar-refractivity contribution in [2.75, 3.05) is 7.11 Å². The van der Waals surface area contributed by atoms with Crippen molar-refractivity contribution in [2.45, 2.75) is 0 Å². The fourth-order valence-electron chi connectivity index (χ4n) is 0.522. The Hall–Kier alpha value is -0.840. The third kappa shape index (κ3) is 1.36. The zero-order valence-corrected chi connectivity index (χ0v) is 6.83. The number of carbonyl (C=O) groups is 1. The summed E-state index contributed by atoms with van der Waals surface area (Å²) in [7, 11) is 1.33. The predicted octanol–water partition coefficient (Wildman–Crippen LogP) is 0.828. The molecule has 0 N–H and O–H groups in total. The minimum atomic E-state index is -0.384. The van der Waals surface area contributed by atoms with Crippen molar-refractivity contribution < 1.29 is 9.53 Å². The molecule has 0 saturated heterocycles. The maximum absolute atomic E-state index is 10.7. The summed E-state index contributed by atoms with van der Waals surface area (Å²) >= 11 is 3.03. The monoisotopic (exact) mass is 204 g/mol. The van der Waals surface area contributed by atoms with E-state index in [-0.39, 0.29) is 5.97 Å². The Kier molecular flexibility index (Phi) is 2.06. The Morgan fingerprint density at radius 3 is 3.00 bits per heavy atom. The van der Waals surface area contributed by atoms with E-state index < -0.39 is 0 Å². The van der Waals surface area contributed by atoms with Crippen LogP contribution in [-0.2, 0) is 4.74 Å². The van der Waals surface area contributed by atoms with E-state index in [9.17, 15) is 4.79 Å². The lowest BCUT2D eigenvalue weighted by Gasteiger charge is -1.89. The number of methoxy groups -OCH3 is 1. The van der Waals surface area contributed by atoms with Gasteiger partial charge in [0.15, 0.2) is 0 Å². The Morgan fingerprint density at radius 2 is 2.60 bits per heavy atom. The summed E-state index contributed by atoms with van der Waals surface area (Å²) in [5.74, 6) is -0.384. The summed E-state index contributed by atoms with van der Waals surface area (Å²) in [6.45, 7) is 0. The van der Waals surface area contributed by atoms with E-state index in [0.717, 1.165) is 0 Å². The van der Waals surface area contributed by atoms with E-state index in [4.69, 9.17) is 0 Å². The van der Waals surface area contributed by atoms with Crippen LogP contribution in [0.1, 0.15) is 10.4 Å². The molecule has 1 heterocycles. The van der Waals surface area contributed by atoms with Gasteiger partial charge >= 0.3 is 5.97 Å². The van der Waals surface area contributed by atoms with E-state index >= 15 is 0 Å². The largest absolute Gasteiger partial charge is 0.465 e. The van der Waals surface area contributed by atoms with Crippen molar-refractivity contribution in [1.29, 1.82) is 0 Å². The van der Waals surface area contributed by atoms with Crippen LogP contribution in [0.4, 0.5) is 0 Å². The summed E-state index contributed by atoms with van der Waals surface area (Å²) in [6.07, 6.45) is 2.94. The molecule has 0 aliphatic heterocycles. The van der Waals surface area contributed by atoms with Crippen molar-refractivity contribution in [3.05, 3.63) is 18.0 Å². The molecule has 0 unspecified atom stereocenters. The first-order valence-corrected chi connectivity index (χ1v) is 3.24. The van der Waals surface area contributed by atoms with Gasteiger partial charge in [-0.3, -0.25) is 0 Å². The number of hydrogen-bond donors (Lipinski definition) is 0. The highest BCUT2D eigenvalue weighted by atomic mass is 79.9. The number of carbonyl (C=O) groups excluding carboxylic acids is 1. The quantitative estimate of drug-likeness (QED) is 0.637. The molecule has 54 valence electrons. The van der Waals surface area contributed by atoms with Gasteiger partial charge in [0.05, 0.1) is 41.2 Å². The lowest BCUT2D eigenvalue weighted by atomic mass is 10.4. The number of nitrogens with zero attached hydrogens (tertiary/aromatic N) is 2.